The zero-order valence-corrected chi connectivity index (χ0v) is 18.4. The monoisotopic (exact) mass is 450 g/mol. The van der Waals surface area contributed by atoms with E-state index in [1.165, 1.54) is 36.1 Å². The number of hydrogen-bond donors (Lipinski definition) is 2. The number of nitrogens with one attached hydrogen (secondary N) is 2. The van der Waals surface area contributed by atoms with Crippen molar-refractivity contribution in [3.8, 4) is 5.75 Å². The van der Waals surface area contributed by atoms with Crippen molar-refractivity contribution in [2.24, 2.45) is 0 Å². The van der Waals surface area contributed by atoms with Crippen LogP contribution in [0.1, 0.15) is 25.1 Å². The minimum Gasteiger partial charge on any atom is -0.497 e. The molecule has 5 rings (SSSR count). The van der Waals surface area contributed by atoms with E-state index in [1.54, 1.807) is 14.0 Å². The molecule has 9 heteroatoms. The molecule has 3 aromatic rings. The van der Waals surface area contributed by atoms with Crippen molar-refractivity contribution >= 4 is 34.4 Å². The number of aromatic nitrogens is 1. The molecule has 2 aliphatic rings. The first-order valence-electron chi connectivity index (χ1n) is 10.7. The van der Waals surface area contributed by atoms with Gasteiger partial charge < -0.3 is 19.9 Å². The van der Waals surface area contributed by atoms with Gasteiger partial charge in [0.25, 0.3) is 5.91 Å². The standard InChI is InChI=1S/C24H23FN4O4/c1-13(21(30)26-15-6-4-14(25)5-7-15)29-22(31)24(2)20-17(10-11-28(24)23(29)32)18-12-16(33-3)8-9-19(18)27-20/h4-9,12-13,27H,10-11H2,1-3H3,(H,26,30). The van der Waals surface area contributed by atoms with Crippen LogP contribution in [0.4, 0.5) is 14.9 Å². The molecule has 0 spiro atoms. The van der Waals surface area contributed by atoms with Crippen molar-refractivity contribution in [1.82, 2.24) is 14.8 Å². The topological polar surface area (TPSA) is 94.7 Å². The highest BCUT2D eigenvalue weighted by atomic mass is 19.1. The van der Waals surface area contributed by atoms with Crippen molar-refractivity contribution in [1.29, 1.82) is 0 Å². The van der Waals surface area contributed by atoms with Gasteiger partial charge in [-0.1, -0.05) is 0 Å². The summed E-state index contributed by atoms with van der Waals surface area (Å²) >= 11 is 0. The average Bonchev–Trinajstić information content (AvgIpc) is 3.28. The van der Waals surface area contributed by atoms with Crippen molar-refractivity contribution in [3.63, 3.8) is 0 Å². The van der Waals surface area contributed by atoms with Crippen LogP contribution >= 0.6 is 0 Å². The Morgan fingerprint density at radius 1 is 1.21 bits per heavy atom. The molecular weight excluding hydrogens is 427 g/mol. The Kier molecular flexibility index (Phi) is 4.66. The van der Waals surface area contributed by atoms with E-state index in [-0.39, 0.29) is 0 Å². The van der Waals surface area contributed by atoms with Crippen LogP contribution in [0.2, 0.25) is 0 Å². The molecule has 0 aliphatic carbocycles. The highest BCUT2D eigenvalue weighted by molar-refractivity contribution is 6.12. The number of amides is 4. The molecule has 2 aromatic carbocycles. The highest BCUT2D eigenvalue weighted by Gasteiger charge is 2.60. The van der Waals surface area contributed by atoms with Gasteiger partial charge in [-0.25, -0.2) is 14.1 Å². The number of aromatic amines is 1. The SMILES string of the molecule is COc1ccc2[nH]c3c(c2c1)CCN1C(=O)N(C(C)C(=O)Nc2ccc(F)cc2)C(=O)C31C. The summed E-state index contributed by atoms with van der Waals surface area (Å²) in [4.78, 5) is 45.7. The van der Waals surface area contributed by atoms with Crippen LogP contribution in [0.15, 0.2) is 42.5 Å². The Morgan fingerprint density at radius 2 is 1.94 bits per heavy atom. The third kappa shape index (κ3) is 2.99. The van der Waals surface area contributed by atoms with Crippen LogP contribution in [0.5, 0.6) is 5.75 Å². The second-order valence-electron chi connectivity index (χ2n) is 8.49. The minimum absolute atomic E-state index is 0.348. The molecule has 4 amide bonds. The molecule has 3 heterocycles. The van der Waals surface area contributed by atoms with E-state index in [2.05, 4.69) is 10.3 Å². The molecule has 0 saturated carbocycles. The Morgan fingerprint density at radius 3 is 2.64 bits per heavy atom. The average molecular weight is 450 g/mol. The molecular formula is C24H23FN4O4. The van der Waals surface area contributed by atoms with Gasteiger partial charge >= 0.3 is 6.03 Å². The normalized spacial score (nSPS) is 20.6. The number of methoxy groups -OCH3 is 1. The lowest BCUT2D eigenvalue weighted by Crippen LogP contribution is -2.49. The maximum absolute atomic E-state index is 13.7. The zero-order chi connectivity index (χ0) is 23.5. The van der Waals surface area contributed by atoms with Crippen LogP contribution < -0.4 is 10.1 Å². The van der Waals surface area contributed by atoms with Gasteiger partial charge in [-0.15, -0.1) is 0 Å². The quantitative estimate of drug-likeness (QED) is 0.596. The number of H-pyrrole nitrogens is 1. The lowest BCUT2D eigenvalue weighted by Gasteiger charge is -2.36. The van der Waals surface area contributed by atoms with Crippen molar-refractivity contribution < 1.29 is 23.5 Å². The minimum atomic E-state index is -1.25. The molecule has 2 N–H and O–H groups in total. The number of fused-ring (bicyclic) bond motifs is 5. The summed E-state index contributed by atoms with van der Waals surface area (Å²) in [6.07, 6.45) is 0.571. The molecule has 0 radical (unpaired) electrons. The lowest BCUT2D eigenvalue weighted by atomic mass is 9.87. The van der Waals surface area contributed by atoms with E-state index in [9.17, 15) is 18.8 Å². The summed E-state index contributed by atoms with van der Waals surface area (Å²) in [6, 6.07) is 9.36. The predicted molar refractivity (Wildman–Crippen MR) is 119 cm³/mol. The second-order valence-corrected chi connectivity index (χ2v) is 8.49. The molecule has 2 atom stereocenters. The van der Waals surface area contributed by atoms with E-state index < -0.39 is 35.2 Å². The first kappa shape index (κ1) is 21.0. The first-order chi connectivity index (χ1) is 15.8. The second kappa shape index (κ2) is 7.33. The van der Waals surface area contributed by atoms with E-state index in [1.807, 2.05) is 18.2 Å². The third-order valence-electron chi connectivity index (χ3n) is 6.68. The van der Waals surface area contributed by atoms with Crippen molar-refractivity contribution in [2.75, 3.05) is 19.0 Å². The number of hydrogen-bond acceptors (Lipinski definition) is 4. The Balaban J connectivity index is 1.49. The molecule has 2 unspecified atom stereocenters. The largest absolute Gasteiger partial charge is 0.497 e. The predicted octanol–water partition coefficient (Wildman–Crippen LogP) is 3.38. The number of carbonyl (C=O) groups is 3. The van der Waals surface area contributed by atoms with E-state index in [0.717, 1.165) is 21.4 Å². The van der Waals surface area contributed by atoms with Gasteiger partial charge in [-0.05, 0) is 68.3 Å². The zero-order valence-electron chi connectivity index (χ0n) is 18.4. The van der Waals surface area contributed by atoms with Crippen molar-refractivity contribution in [3.05, 3.63) is 59.5 Å². The number of rotatable bonds is 4. The van der Waals surface area contributed by atoms with Gasteiger partial charge in [0.15, 0.2) is 5.54 Å². The number of benzene rings is 2. The number of imide groups is 1. The fraction of sp³-hybridized carbons (Fsp3) is 0.292. The van der Waals surface area contributed by atoms with E-state index >= 15 is 0 Å². The first-order valence-corrected chi connectivity index (χ1v) is 10.7. The fourth-order valence-electron chi connectivity index (χ4n) is 4.81. The number of carbonyl (C=O) groups excluding carboxylic acids is 3. The van der Waals surface area contributed by atoms with Crippen molar-refractivity contribution in [2.45, 2.75) is 31.8 Å². The van der Waals surface area contributed by atoms with Crippen LogP contribution in [0, 0.1) is 5.82 Å². The van der Waals surface area contributed by atoms with Gasteiger partial charge in [0.1, 0.15) is 17.6 Å². The van der Waals surface area contributed by atoms with Gasteiger partial charge in [0, 0.05) is 23.1 Å². The van der Waals surface area contributed by atoms with Crippen LogP contribution in [0.25, 0.3) is 10.9 Å². The number of nitrogens with zero attached hydrogens (tertiary/aromatic N) is 2. The number of urea groups is 1. The van der Waals surface area contributed by atoms with E-state index in [4.69, 9.17) is 4.74 Å². The summed E-state index contributed by atoms with van der Waals surface area (Å²) < 4.78 is 18.5. The smallest absolute Gasteiger partial charge is 0.328 e. The lowest BCUT2D eigenvalue weighted by molar-refractivity contribution is -0.137. The van der Waals surface area contributed by atoms with Crippen LogP contribution in [0.3, 0.4) is 0 Å². The summed E-state index contributed by atoms with van der Waals surface area (Å²) in [5.74, 6) is -0.719. The molecule has 170 valence electrons. The number of halogens is 1. The summed E-state index contributed by atoms with van der Waals surface area (Å²) in [6.45, 7) is 3.57. The van der Waals surface area contributed by atoms with Gasteiger partial charge in [-0.3, -0.25) is 9.59 Å². The Hall–Kier alpha value is -3.88. The molecule has 2 aliphatic heterocycles. The third-order valence-corrected chi connectivity index (χ3v) is 6.68. The molecule has 1 fully saturated rings. The highest BCUT2D eigenvalue weighted by Crippen LogP contribution is 2.45. The summed E-state index contributed by atoms with van der Waals surface area (Å²) in [7, 11) is 1.60. The van der Waals surface area contributed by atoms with Crippen LogP contribution in [-0.4, -0.2) is 52.3 Å². The molecule has 33 heavy (non-hydrogen) atoms. The number of anilines is 1. The maximum Gasteiger partial charge on any atom is 0.328 e. The maximum atomic E-state index is 13.7. The molecule has 8 nitrogen and oxygen atoms in total. The summed E-state index contributed by atoms with van der Waals surface area (Å²) in [5, 5.41) is 3.59. The Labute approximate surface area is 189 Å². The molecule has 1 saturated heterocycles. The summed E-state index contributed by atoms with van der Waals surface area (Å²) in [5.41, 5.74) is 1.60. The number of ether oxygens (including phenoxy) is 1. The Bertz CT molecular complexity index is 1300. The molecule has 1 aromatic heterocycles. The van der Waals surface area contributed by atoms with E-state index in [0.29, 0.717) is 30.1 Å². The fourth-order valence-corrected chi connectivity index (χ4v) is 4.81. The van der Waals surface area contributed by atoms with Gasteiger partial charge in [0.2, 0.25) is 5.91 Å². The van der Waals surface area contributed by atoms with Gasteiger partial charge in [0.05, 0.1) is 12.8 Å². The molecule has 0 bridgehead atoms. The van der Waals surface area contributed by atoms with Crippen LogP contribution in [-0.2, 0) is 21.5 Å². The van der Waals surface area contributed by atoms with Gasteiger partial charge in [-0.2, -0.15) is 0 Å².